The van der Waals surface area contributed by atoms with E-state index >= 15 is 0 Å². The fourth-order valence-corrected chi connectivity index (χ4v) is 4.90. The van der Waals surface area contributed by atoms with Crippen LogP contribution in [0.3, 0.4) is 0 Å². The van der Waals surface area contributed by atoms with Gasteiger partial charge in [0.2, 0.25) is 11.8 Å². The monoisotopic (exact) mass is 582 g/mol. The Labute approximate surface area is 254 Å². The molecule has 0 unspecified atom stereocenters. The van der Waals surface area contributed by atoms with E-state index in [1.165, 1.54) is 0 Å². The molecule has 0 spiro atoms. The molecule has 0 aliphatic rings. The minimum Gasteiger partial charge on any atom is -0.463 e. The van der Waals surface area contributed by atoms with Crippen LogP contribution in [0.25, 0.3) is 0 Å². The molecule has 0 saturated heterocycles. The van der Waals surface area contributed by atoms with Crippen molar-refractivity contribution in [3.05, 3.63) is 133 Å². The van der Waals surface area contributed by atoms with E-state index in [1.807, 2.05) is 91.0 Å². The highest BCUT2D eigenvalue weighted by molar-refractivity contribution is 5.86. The van der Waals surface area contributed by atoms with Crippen molar-refractivity contribution in [2.24, 2.45) is 11.8 Å². The molecule has 0 bridgehead atoms. The summed E-state index contributed by atoms with van der Waals surface area (Å²) in [5.74, 6) is -2.15. The van der Waals surface area contributed by atoms with Crippen molar-refractivity contribution in [2.75, 3.05) is 13.2 Å². The van der Waals surface area contributed by atoms with Crippen molar-refractivity contribution in [1.29, 1.82) is 0 Å². The van der Waals surface area contributed by atoms with Gasteiger partial charge in [-0.05, 0) is 42.4 Å². The average Bonchev–Trinajstić information content (AvgIpc) is 3.03. The van der Waals surface area contributed by atoms with E-state index in [9.17, 15) is 19.5 Å². The van der Waals surface area contributed by atoms with Crippen LogP contribution in [0.4, 0.5) is 0 Å². The predicted octanol–water partition coefficient (Wildman–Crippen LogP) is 5.12. The van der Waals surface area contributed by atoms with Crippen LogP contribution in [0.15, 0.2) is 116 Å². The van der Waals surface area contributed by atoms with Crippen LogP contribution in [0.1, 0.15) is 42.0 Å². The molecular weight excluding hydrogens is 540 g/mol. The van der Waals surface area contributed by atoms with Gasteiger partial charge in [0.15, 0.2) is 0 Å². The SMILES string of the molecule is C=CC[C@@H](CC(=O)N[C@@H](CO)Cc1ccccc1)C(=O)N[C@@H](COC(=O)[C@@H](CC=C)Cc1ccccc1)c1ccccc1. The Morgan fingerprint density at radius 2 is 1.28 bits per heavy atom. The summed E-state index contributed by atoms with van der Waals surface area (Å²) < 4.78 is 5.76. The topological polar surface area (TPSA) is 105 Å². The van der Waals surface area contributed by atoms with Gasteiger partial charge in [-0.2, -0.15) is 0 Å². The Bertz CT molecular complexity index is 1300. The summed E-state index contributed by atoms with van der Waals surface area (Å²) in [4.78, 5) is 39.5. The largest absolute Gasteiger partial charge is 0.463 e. The molecule has 3 aromatic rings. The van der Waals surface area contributed by atoms with Gasteiger partial charge in [-0.25, -0.2) is 0 Å². The van der Waals surface area contributed by atoms with E-state index in [4.69, 9.17) is 4.74 Å². The lowest BCUT2D eigenvalue weighted by Crippen LogP contribution is -2.42. The number of benzene rings is 3. The fourth-order valence-electron chi connectivity index (χ4n) is 4.90. The van der Waals surface area contributed by atoms with Gasteiger partial charge >= 0.3 is 5.97 Å². The third kappa shape index (κ3) is 11.4. The number of esters is 1. The van der Waals surface area contributed by atoms with E-state index in [-0.39, 0.29) is 43.8 Å². The van der Waals surface area contributed by atoms with Crippen LogP contribution < -0.4 is 10.6 Å². The second-order valence-electron chi connectivity index (χ2n) is 10.6. The summed E-state index contributed by atoms with van der Waals surface area (Å²) in [6, 6.07) is 27.5. The van der Waals surface area contributed by atoms with E-state index in [0.29, 0.717) is 19.3 Å². The van der Waals surface area contributed by atoms with Crippen LogP contribution in [-0.4, -0.2) is 42.1 Å². The van der Waals surface area contributed by atoms with Crippen LogP contribution >= 0.6 is 0 Å². The quantitative estimate of drug-likeness (QED) is 0.143. The molecule has 2 amide bonds. The number of nitrogens with one attached hydrogen (secondary N) is 2. The van der Waals surface area contributed by atoms with Crippen LogP contribution in [0, 0.1) is 11.8 Å². The molecule has 0 aliphatic carbocycles. The number of allylic oxidation sites excluding steroid dienone is 2. The molecule has 226 valence electrons. The minimum atomic E-state index is -0.693. The number of aliphatic hydroxyl groups excluding tert-OH is 1. The number of rotatable bonds is 18. The highest BCUT2D eigenvalue weighted by atomic mass is 16.5. The second kappa shape index (κ2) is 18.1. The molecule has 0 aromatic heterocycles. The lowest BCUT2D eigenvalue weighted by atomic mass is 9.96. The summed E-state index contributed by atoms with van der Waals surface area (Å²) in [5.41, 5.74) is 2.79. The number of ether oxygens (including phenoxy) is 1. The molecule has 7 nitrogen and oxygen atoms in total. The Kier molecular flexibility index (Phi) is 13.9. The summed E-state index contributed by atoms with van der Waals surface area (Å²) in [5, 5.41) is 15.7. The molecule has 4 atom stereocenters. The van der Waals surface area contributed by atoms with Crippen molar-refractivity contribution >= 4 is 17.8 Å². The molecule has 43 heavy (non-hydrogen) atoms. The van der Waals surface area contributed by atoms with Crippen LogP contribution in [0.2, 0.25) is 0 Å². The molecule has 0 saturated carbocycles. The van der Waals surface area contributed by atoms with Crippen LogP contribution in [0.5, 0.6) is 0 Å². The van der Waals surface area contributed by atoms with Crippen molar-refractivity contribution in [3.63, 3.8) is 0 Å². The van der Waals surface area contributed by atoms with Gasteiger partial charge in [0, 0.05) is 6.42 Å². The average molecular weight is 583 g/mol. The standard InChI is InChI=1S/C36H42N2O5/c1-3-14-30(24-34(40)37-32(25-39)23-28-18-10-6-11-19-28)35(41)38-33(29-20-12-7-13-21-29)26-43-36(42)31(15-4-2)22-27-16-8-5-9-17-27/h3-13,16-21,30-33,39H,1-2,14-15,22-26H2,(H,37,40)(H,38,41)/t30-,31-,32+,33-/m0/s1. The Balaban J connectivity index is 1.65. The second-order valence-corrected chi connectivity index (χ2v) is 10.6. The molecule has 0 heterocycles. The maximum absolute atomic E-state index is 13.5. The molecule has 7 heteroatoms. The first-order valence-corrected chi connectivity index (χ1v) is 14.6. The summed E-state index contributed by atoms with van der Waals surface area (Å²) in [6.07, 6.45) is 4.96. The normalized spacial score (nSPS) is 13.5. The maximum atomic E-state index is 13.5. The zero-order valence-corrected chi connectivity index (χ0v) is 24.6. The highest BCUT2D eigenvalue weighted by Gasteiger charge is 2.27. The van der Waals surface area contributed by atoms with Crippen molar-refractivity contribution < 1.29 is 24.2 Å². The smallest absolute Gasteiger partial charge is 0.309 e. The number of carbonyl (C=O) groups is 3. The minimum absolute atomic E-state index is 0.0618. The van der Waals surface area contributed by atoms with Crippen molar-refractivity contribution in [1.82, 2.24) is 10.6 Å². The summed E-state index contributed by atoms with van der Waals surface area (Å²) in [7, 11) is 0. The highest BCUT2D eigenvalue weighted by Crippen LogP contribution is 2.20. The van der Waals surface area contributed by atoms with Gasteiger partial charge in [0.25, 0.3) is 0 Å². The summed E-state index contributed by atoms with van der Waals surface area (Å²) in [6.45, 7) is 7.27. The zero-order valence-electron chi connectivity index (χ0n) is 24.6. The van der Waals surface area contributed by atoms with E-state index in [1.54, 1.807) is 12.2 Å². The Morgan fingerprint density at radius 3 is 1.84 bits per heavy atom. The zero-order chi connectivity index (χ0) is 30.9. The third-order valence-corrected chi connectivity index (χ3v) is 7.18. The fraction of sp³-hybridized carbons (Fsp3) is 0.306. The lowest BCUT2D eigenvalue weighted by molar-refractivity contribution is -0.150. The van der Waals surface area contributed by atoms with Gasteiger partial charge in [0.05, 0.1) is 30.5 Å². The van der Waals surface area contributed by atoms with Gasteiger partial charge in [-0.1, -0.05) is 103 Å². The van der Waals surface area contributed by atoms with E-state index in [0.717, 1.165) is 16.7 Å². The van der Waals surface area contributed by atoms with E-state index in [2.05, 4.69) is 23.8 Å². The van der Waals surface area contributed by atoms with Gasteiger partial charge in [-0.15, -0.1) is 13.2 Å². The van der Waals surface area contributed by atoms with Crippen molar-refractivity contribution in [2.45, 2.75) is 44.2 Å². The molecule has 3 N–H and O–H groups in total. The number of carbonyl (C=O) groups excluding carboxylic acids is 3. The first-order valence-electron chi connectivity index (χ1n) is 14.6. The maximum Gasteiger partial charge on any atom is 0.309 e. The lowest BCUT2D eigenvalue weighted by Gasteiger charge is -2.24. The van der Waals surface area contributed by atoms with Gasteiger partial charge in [0.1, 0.15) is 6.61 Å². The number of amides is 2. The van der Waals surface area contributed by atoms with Crippen molar-refractivity contribution in [3.8, 4) is 0 Å². The predicted molar refractivity (Wildman–Crippen MR) is 169 cm³/mol. The number of aliphatic hydroxyl groups is 1. The molecule has 3 aromatic carbocycles. The molecule has 0 aliphatic heterocycles. The van der Waals surface area contributed by atoms with Crippen LogP contribution in [-0.2, 0) is 32.0 Å². The third-order valence-electron chi connectivity index (χ3n) is 7.18. The van der Waals surface area contributed by atoms with Gasteiger partial charge < -0.3 is 20.5 Å². The van der Waals surface area contributed by atoms with E-state index < -0.39 is 23.9 Å². The Hall–Kier alpha value is -4.49. The molecule has 3 rings (SSSR count). The number of hydrogen-bond donors (Lipinski definition) is 3. The van der Waals surface area contributed by atoms with Gasteiger partial charge in [-0.3, -0.25) is 14.4 Å². The molecule has 0 fully saturated rings. The number of hydrogen-bond acceptors (Lipinski definition) is 5. The first-order chi connectivity index (χ1) is 20.9. The molecular formula is C36H42N2O5. The first kappa shape index (κ1) is 33.0. The Morgan fingerprint density at radius 1 is 0.744 bits per heavy atom. The molecule has 0 radical (unpaired) electrons. The summed E-state index contributed by atoms with van der Waals surface area (Å²) >= 11 is 0.